The number of hydrogen-bond donors (Lipinski definition) is 2. The maximum Gasteiger partial charge on any atom is 0.251 e. The number of hydrogen-bond acceptors (Lipinski definition) is 10. The monoisotopic (exact) mass is 673 g/mol. The van der Waals surface area contributed by atoms with Gasteiger partial charge in [0.25, 0.3) is 5.92 Å². The van der Waals surface area contributed by atoms with Gasteiger partial charge in [0.05, 0.1) is 28.9 Å². The van der Waals surface area contributed by atoms with E-state index in [1.54, 1.807) is 6.33 Å². The van der Waals surface area contributed by atoms with E-state index in [2.05, 4.69) is 21.5 Å². The lowest BCUT2D eigenvalue weighted by molar-refractivity contribution is -0.174. The number of fused-ring (bicyclic) bond motifs is 5. The first-order valence-electron chi connectivity index (χ1n) is 17.2. The molecule has 5 aliphatic rings. The number of nitrogens with two attached hydrogens (primary N) is 1. The van der Waals surface area contributed by atoms with Crippen molar-refractivity contribution in [2.24, 2.45) is 0 Å². The SMILES string of the molecule is C[C@H](Oc1nc(-c2noc3c2CCC[C@@]32CCCc3ccc(N)c(C#N)c32)nc2c1ncn2[C@@H]1CNC12CC(F)(F)C2)[C@@H]1C[C@@H](F)CN1C. The Labute approximate surface area is 281 Å². The molecule has 3 N–H and O–H groups in total. The topological polar surface area (TPSA) is 144 Å². The molecule has 3 aliphatic carbocycles. The molecule has 3 aromatic heterocycles. The van der Waals surface area contributed by atoms with Gasteiger partial charge in [0.1, 0.15) is 18.3 Å². The number of aryl methyl sites for hydroxylation is 1. The third-order valence-electron chi connectivity index (χ3n) is 12.0. The number of alkyl halides is 3. The number of rotatable bonds is 5. The molecule has 0 unspecified atom stereocenters. The van der Waals surface area contributed by atoms with Crippen molar-refractivity contribution in [1.82, 2.24) is 34.9 Å². The minimum absolute atomic E-state index is 0.172. The lowest BCUT2D eigenvalue weighted by atomic mass is 9.61. The normalized spacial score (nSPS) is 28.9. The van der Waals surface area contributed by atoms with E-state index in [1.165, 1.54) is 0 Å². The second-order valence-corrected chi connectivity index (χ2v) is 14.9. The van der Waals surface area contributed by atoms with Crippen LogP contribution in [0, 0.1) is 11.3 Å². The molecule has 1 saturated carbocycles. The van der Waals surface area contributed by atoms with Crippen LogP contribution in [0.25, 0.3) is 22.7 Å². The first-order valence-corrected chi connectivity index (χ1v) is 17.2. The largest absolute Gasteiger partial charge is 0.471 e. The summed E-state index contributed by atoms with van der Waals surface area (Å²) in [6, 6.07) is 5.75. The number of nitrogens with zero attached hydrogens (tertiary/aromatic N) is 7. The van der Waals surface area contributed by atoms with Gasteiger partial charge in [-0.1, -0.05) is 11.2 Å². The number of aromatic nitrogens is 5. The van der Waals surface area contributed by atoms with E-state index < -0.39 is 29.2 Å². The van der Waals surface area contributed by atoms with E-state index in [0.29, 0.717) is 59.8 Å². The first-order chi connectivity index (χ1) is 23.5. The molecule has 5 atom stereocenters. The van der Waals surface area contributed by atoms with Crippen LogP contribution in [0.5, 0.6) is 5.88 Å². The summed E-state index contributed by atoms with van der Waals surface area (Å²) < 4.78 is 57.3. The molecule has 0 amide bonds. The van der Waals surface area contributed by atoms with E-state index >= 15 is 0 Å². The van der Waals surface area contributed by atoms with Crippen molar-refractivity contribution >= 4 is 16.9 Å². The summed E-state index contributed by atoms with van der Waals surface area (Å²) in [4.78, 5) is 16.5. The van der Waals surface area contributed by atoms with Crippen LogP contribution in [0.2, 0.25) is 0 Å². The molecular formula is C35H38F3N9O2. The van der Waals surface area contributed by atoms with Gasteiger partial charge in [-0.2, -0.15) is 10.2 Å². The Morgan fingerprint density at radius 2 is 1.98 bits per heavy atom. The van der Waals surface area contributed by atoms with Gasteiger partial charge in [0.2, 0.25) is 5.88 Å². The third kappa shape index (κ3) is 4.47. The van der Waals surface area contributed by atoms with Gasteiger partial charge < -0.3 is 24.9 Å². The predicted molar refractivity (Wildman–Crippen MR) is 173 cm³/mol. The summed E-state index contributed by atoms with van der Waals surface area (Å²) in [6.07, 6.45) is 4.99. The molecule has 49 heavy (non-hydrogen) atoms. The fourth-order valence-electron chi connectivity index (χ4n) is 9.65. The number of likely N-dealkylation sites (N-methyl/N-ethyl adjacent to an activating group) is 1. The van der Waals surface area contributed by atoms with Gasteiger partial charge in [-0.3, -0.25) is 4.90 Å². The molecule has 11 nitrogen and oxygen atoms in total. The fraction of sp³-hybridized carbons (Fsp3) is 0.571. The van der Waals surface area contributed by atoms with Crippen LogP contribution >= 0.6 is 0 Å². The molecule has 3 fully saturated rings. The van der Waals surface area contributed by atoms with Crippen molar-refractivity contribution in [3.63, 3.8) is 0 Å². The van der Waals surface area contributed by atoms with Gasteiger partial charge in [0, 0.05) is 43.2 Å². The van der Waals surface area contributed by atoms with E-state index in [4.69, 9.17) is 25.0 Å². The maximum atomic E-state index is 14.4. The smallest absolute Gasteiger partial charge is 0.251 e. The van der Waals surface area contributed by atoms with Crippen LogP contribution in [0.4, 0.5) is 18.9 Å². The van der Waals surface area contributed by atoms with Crippen LogP contribution in [0.15, 0.2) is 23.0 Å². The third-order valence-corrected chi connectivity index (χ3v) is 12.0. The van der Waals surface area contributed by atoms with Crippen LogP contribution in [-0.2, 0) is 18.3 Å². The predicted octanol–water partition coefficient (Wildman–Crippen LogP) is 5.02. The second-order valence-electron chi connectivity index (χ2n) is 14.9. The second kappa shape index (κ2) is 10.6. The number of nitriles is 1. The molecule has 5 heterocycles. The van der Waals surface area contributed by atoms with E-state index in [1.807, 2.05) is 35.6 Å². The average Bonchev–Trinajstić information content (AvgIpc) is 3.77. The number of imidazole rings is 1. The minimum Gasteiger partial charge on any atom is -0.471 e. The van der Waals surface area contributed by atoms with Crippen molar-refractivity contribution in [3.8, 4) is 23.5 Å². The van der Waals surface area contributed by atoms with Gasteiger partial charge in [0.15, 0.2) is 28.4 Å². The van der Waals surface area contributed by atoms with E-state index in [9.17, 15) is 18.4 Å². The highest BCUT2D eigenvalue weighted by Crippen LogP contribution is 2.56. The molecule has 2 aliphatic heterocycles. The zero-order chi connectivity index (χ0) is 33.9. The van der Waals surface area contributed by atoms with Gasteiger partial charge in [-0.15, -0.1) is 0 Å². The Morgan fingerprint density at radius 1 is 1.18 bits per heavy atom. The van der Waals surface area contributed by atoms with Crippen molar-refractivity contribution in [3.05, 3.63) is 46.5 Å². The first kappa shape index (κ1) is 30.8. The number of benzene rings is 1. The minimum atomic E-state index is -2.71. The Bertz CT molecular complexity index is 2030. The van der Waals surface area contributed by atoms with E-state index in [0.717, 1.165) is 48.8 Å². The lowest BCUT2D eigenvalue weighted by Gasteiger charge is -2.59. The summed E-state index contributed by atoms with van der Waals surface area (Å²) >= 11 is 0. The molecule has 2 saturated heterocycles. The van der Waals surface area contributed by atoms with Gasteiger partial charge >= 0.3 is 0 Å². The van der Waals surface area contributed by atoms with Crippen LogP contribution in [-0.4, -0.2) is 79.5 Å². The molecule has 14 heteroatoms. The molecule has 9 rings (SSSR count). The Balaban J connectivity index is 1.17. The number of nitrogens with one attached hydrogen (secondary N) is 1. The zero-order valence-electron chi connectivity index (χ0n) is 27.5. The number of halogens is 3. The van der Waals surface area contributed by atoms with Gasteiger partial charge in [-0.05, 0) is 76.1 Å². The average molecular weight is 674 g/mol. The molecular weight excluding hydrogens is 635 g/mol. The summed E-state index contributed by atoms with van der Waals surface area (Å²) in [6.45, 7) is 2.73. The van der Waals surface area contributed by atoms with Crippen LogP contribution in [0.1, 0.15) is 85.9 Å². The lowest BCUT2D eigenvalue weighted by Crippen LogP contribution is -2.74. The van der Waals surface area contributed by atoms with Crippen molar-refractivity contribution in [2.45, 2.75) is 106 Å². The highest BCUT2D eigenvalue weighted by molar-refractivity contribution is 5.79. The highest BCUT2D eigenvalue weighted by Gasteiger charge is 2.65. The molecule has 0 bridgehead atoms. The summed E-state index contributed by atoms with van der Waals surface area (Å²) in [7, 11) is 1.88. The molecule has 256 valence electrons. The summed E-state index contributed by atoms with van der Waals surface area (Å²) in [5.74, 6) is -1.49. The number of anilines is 1. The van der Waals surface area contributed by atoms with Crippen LogP contribution in [0.3, 0.4) is 0 Å². The zero-order valence-corrected chi connectivity index (χ0v) is 27.5. The maximum absolute atomic E-state index is 14.4. The van der Waals surface area contributed by atoms with Crippen molar-refractivity contribution in [2.75, 3.05) is 25.9 Å². The highest BCUT2D eigenvalue weighted by atomic mass is 19.3. The van der Waals surface area contributed by atoms with Crippen molar-refractivity contribution < 1.29 is 22.4 Å². The number of likely N-dealkylation sites (tertiary alicyclic amines) is 1. The Kier molecular flexibility index (Phi) is 6.69. The quantitative estimate of drug-likeness (QED) is 0.277. The summed E-state index contributed by atoms with van der Waals surface area (Å²) in [5.41, 5.74) is 10.3. The molecule has 4 aromatic rings. The molecule has 2 spiro atoms. The number of ether oxygens (including phenoxy) is 1. The standard InChI is InChI=1S/C35H38F3N9O2/c1-18(24-11-20(36)14-46(24)2)48-32-28-31(47(17-41-28)25-13-42-34(25)15-35(37,38)16-34)43-30(44-32)27-21-6-4-10-33(29(21)49-45-27)9-3-5-19-7-8-23(40)22(12-39)26(19)33/h7-8,17-18,20,24-25,42H,3-6,9-11,13-16,40H2,1-2H3/t18-,20+,24-,25+,33+/m0/s1. The van der Waals surface area contributed by atoms with Crippen LogP contribution < -0.4 is 15.8 Å². The number of nitrogen functional groups attached to an aromatic ring is 1. The fourth-order valence-corrected chi connectivity index (χ4v) is 9.65. The van der Waals surface area contributed by atoms with E-state index in [-0.39, 0.29) is 36.6 Å². The van der Waals surface area contributed by atoms with Crippen molar-refractivity contribution in [1.29, 1.82) is 5.26 Å². The molecule has 0 radical (unpaired) electrons. The Hall–Kier alpha value is -4.22. The van der Waals surface area contributed by atoms with Gasteiger partial charge in [-0.25, -0.2) is 23.1 Å². The Morgan fingerprint density at radius 3 is 2.67 bits per heavy atom. The summed E-state index contributed by atoms with van der Waals surface area (Å²) in [5, 5.41) is 18.0. The molecule has 1 aromatic carbocycles.